The van der Waals surface area contributed by atoms with Gasteiger partial charge in [-0.3, -0.25) is 4.90 Å². The number of anilines is 1. The van der Waals surface area contributed by atoms with Gasteiger partial charge < -0.3 is 14.9 Å². The summed E-state index contributed by atoms with van der Waals surface area (Å²) < 4.78 is 13.7. The molecular weight excluding hydrogens is 548 g/mol. The minimum absolute atomic E-state index is 0.00165. The van der Waals surface area contributed by atoms with Crippen LogP contribution in [0.3, 0.4) is 0 Å². The molecule has 2 aliphatic heterocycles. The number of hydrogen-bond donors (Lipinski definition) is 1. The number of piperidine rings is 1. The fourth-order valence-corrected chi connectivity index (χ4v) is 11.9. The number of nitrogens with zero attached hydrogens (tertiary/aromatic N) is 3. The first-order chi connectivity index (χ1) is 19.8. The van der Waals surface area contributed by atoms with Crippen LogP contribution in [0.1, 0.15) is 45.1 Å². The maximum Gasteiger partial charge on any atom is 0.261 e. The van der Waals surface area contributed by atoms with E-state index in [1.807, 2.05) is 6.07 Å². The fourth-order valence-electron chi connectivity index (χ4n) is 6.83. The van der Waals surface area contributed by atoms with Crippen LogP contribution in [0.25, 0.3) is 10.9 Å². The lowest BCUT2D eigenvalue weighted by molar-refractivity contribution is 0.0747. The van der Waals surface area contributed by atoms with Crippen LogP contribution in [-0.4, -0.2) is 61.6 Å². The van der Waals surface area contributed by atoms with Crippen LogP contribution in [0.5, 0.6) is 0 Å². The second-order valence-electron chi connectivity index (χ2n) is 12.4. The predicted octanol–water partition coefficient (Wildman–Crippen LogP) is 5.39. The molecule has 1 aromatic heterocycles. The molecule has 2 saturated heterocycles. The topological polar surface area (TPSA) is 73.5 Å². The number of nitrogens with two attached hydrogens (primary N) is 1. The molecule has 41 heavy (non-hydrogen) atoms. The number of fused-ring (bicyclic) bond motifs is 1. The van der Waals surface area contributed by atoms with Crippen LogP contribution < -0.4 is 16.1 Å². The van der Waals surface area contributed by atoms with Gasteiger partial charge in [-0.15, -0.1) is 0 Å². The van der Waals surface area contributed by atoms with Gasteiger partial charge in [-0.1, -0.05) is 93.0 Å². The van der Waals surface area contributed by atoms with E-state index < -0.39 is 8.32 Å². The van der Waals surface area contributed by atoms with Crippen molar-refractivity contribution in [3.05, 3.63) is 89.6 Å². The average Bonchev–Trinajstić information content (AvgIpc) is 3.44. The van der Waals surface area contributed by atoms with Crippen molar-refractivity contribution in [2.75, 3.05) is 32.0 Å². The second kappa shape index (κ2) is 11.5. The average molecular weight is 587 g/mol. The molecule has 2 atom stereocenters. The lowest BCUT2D eigenvalue weighted by Gasteiger charge is -2.46. The van der Waals surface area contributed by atoms with Crippen LogP contribution in [0, 0.1) is 0 Å². The maximum absolute atomic E-state index is 7.52. The molecule has 0 bridgehead atoms. The summed E-state index contributed by atoms with van der Waals surface area (Å²) in [4.78, 5) is 11.1. The third-order valence-corrected chi connectivity index (χ3v) is 14.3. The van der Waals surface area contributed by atoms with Gasteiger partial charge in [0.25, 0.3) is 8.32 Å². The summed E-state index contributed by atoms with van der Waals surface area (Å²) in [6.07, 6.45) is 3.78. The van der Waals surface area contributed by atoms with Gasteiger partial charge in [0.15, 0.2) is 0 Å². The van der Waals surface area contributed by atoms with Crippen LogP contribution in [0.4, 0.5) is 5.95 Å². The predicted molar refractivity (Wildman–Crippen MR) is 170 cm³/mol. The quantitative estimate of drug-likeness (QED) is 0.305. The van der Waals surface area contributed by atoms with Gasteiger partial charge in [0.1, 0.15) is 0 Å². The molecule has 0 aliphatic carbocycles. The van der Waals surface area contributed by atoms with Crippen molar-refractivity contribution in [1.82, 2.24) is 14.9 Å². The monoisotopic (exact) mass is 586 g/mol. The zero-order chi connectivity index (χ0) is 28.6. The second-order valence-corrected chi connectivity index (χ2v) is 17.1. The highest BCUT2D eigenvalue weighted by Gasteiger charge is 2.53. The smallest absolute Gasteiger partial charge is 0.261 e. The van der Waals surface area contributed by atoms with Gasteiger partial charge in [-0.2, -0.15) is 0 Å². The van der Waals surface area contributed by atoms with Crippen molar-refractivity contribution in [3.63, 3.8) is 0 Å². The summed E-state index contributed by atoms with van der Waals surface area (Å²) >= 11 is 6.76. The lowest BCUT2D eigenvalue weighted by Crippen LogP contribution is -2.69. The summed E-state index contributed by atoms with van der Waals surface area (Å²) in [5.74, 6) is 0.659. The molecule has 214 valence electrons. The highest BCUT2D eigenvalue weighted by molar-refractivity contribution is 6.99. The van der Waals surface area contributed by atoms with Crippen molar-refractivity contribution in [2.45, 2.75) is 56.7 Å². The Labute approximate surface area is 249 Å². The first-order valence-electron chi connectivity index (χ1n) is 14.6. The van der Waals surface area contributed by atoms with Crippen molar-refractivity contribution < 1.29 is 9.16 Å². The number of nitrogen functional groups attached to an aromatic ring is 1. The third-order valence-electron chi connectivity index (χ3n) is 8.90. The van der Waals surface area contributed by atoms with Crippen LogP contribution in [0.2, 0.25) is 10.1 Å². The molecule has 8 heteroatoms. The molecule has 4 aromatic rings. The Morgan fingerprint density at radius 1 is 0.951 bits per heavy atom. The number of rotatable bonds is 6. The van der Waals surface area contributed by atoms with Crippen molar-refractivity contribution in [1.29, 1.82) is 0 Å². The van der Waals surface area contributed by atoms with Gasteiger partial charge in [0.2, 0.25) is 5.95 Å². The van der Waals surface area contributed by atoms with Crippen LogP contribution >= 0.6 is 11.6 Å². The van der Waals surface area contributed by atoms with E-state index in [9.17, 15) is 0 Å². The highest BCUT2D eigenvalue weighted by atomic mass is 35.5. The number of halogens is 1. The minimum Gasteiger partial charge on any atom is -0.400 e. The van der Waals surface area contributed by atoms with Crippen LogP contribution in [-0.2, 0) is 9.16 Å². The molecule has 2 unspecified atom stereocenters. The number of benzene rings is 3. The Morgan fingerprint density at radius 3 is 2.20 bits per heavy atom. The van der Waals surface area contributed by atoms with Crippen molar-refractivity contribution >= 4 is 47.1 Å². The van der Waals surface area contributed by atoms with Gasteiger partial charge in [0, 0.05) is 16.6 Å². The first-order valence-corrected chi connectivity index (χ1v) is 16.9. The lowest BCUT2D eigenvalue weighted by atomic mass is 9.88. The molecule has 0 spiro atoms. The van der Waals surface area contributed by atoms with Gasteiger partial charge in [0.05, 0.1) is 30.9 Å². The molecule has 6 rings (SSSR count). The van der Waals surface area contributed by atoms with Crippen molar-refractivity contribution in [2.24, 2.45) is 0 Å². The van der Waals surface area contributed by atoms with E-state index in [-0.39, 0.29) is 23.1 Å². The molecule has 2 aliphatic rings. The largest absolute Gasteiger partial charge is 0.400 e. The molecule has 6 nitrogen and oxygen atoms in total. The Kier molecular flexibility index (Phi) is 7.91. The zero-order valence-electron chi connectivity index (χ0n) is 24.1. The normalized spacial score (nSPS) is 21.0. The number of ether oxygens (including phenoxy) is 1. The molecule has 0 amide bonds. The van der Waals surface area contributed by atoms with E-state index in [0.717, 1.165) is 47.4 Å². The molecule has 2 N–H and O–H groups in total. The maximum atomic E-state index is 7.52. The minimum atomic E-state index is -2.67. The molecule has 3 aromatic carbocycles. The van der Waals surface area contributed by atoms with E-state index >= 15 is 0 Å². The zero-order valence-corrected chi connectivity index (χ0v) is 25.8. The number of likely N-dealkylation sites (tertiary alicyclic amines) is 1. The molecule has 0 radical (unpaired) electrons. The van der Waals surface area contributed by atoms with Gasteiger partial charge >= 0.3 is 0 Å². The summed E-state index contributed by atoms with van der Waals surface area (Å²) in [6.45, 7) is 10.3. The summed E-state index contributed by atoms with van der Waals surface area (Å²) in [7, 11) is -2.67. The molecular formula is C33H39ClN4O2Si. The first kappa shape index (κ1) is 28.3. The Morgan fingerprint density at radius 2 is 1.59 bits per heavy atom. The Balaban J connectivity index is 1.25. The third kappa shape index (κ3) is 5.42. The molecule has 0 saturated carbocycles. The summed E-state index contributed by atoms with van der Waals surface area (Å²) in [6, 6.07) is 26.1. The van der Waals surface area contributed by atoms with E-state index in [2.05, 4.69) is 102 Å². The van der Waals surface area contributed by atoms with Gasteiger partial charge in [-0.25, -0.2) is 9.97 Å². The van der Waals surface area contributed by atoms with Crippen molar-refractivity contribution in [3.8, 4) is 0 Å². The SMILES string of the molecule is CC(C)(C)[Si](OC1COCC1N1CCC(c2cc3nc(N)ncc3cc2Cl)CC1)(c1ccccc1)c1ccccc1. The summed E-state index contributed by atoms with van der Waals surface area (Å²) in [5.41, 5.74) is 7.86. The fraction of sp³-hybridized carbons (Fsp3) is 0.394. The van der Waals surface area contributed by atoms with Crippen LogP contribution in [0.15, 0.2) is 79.0 Å². The standard InChI is InChI=1S/C33H39ClN4O2Si/c1-33(2,3)41(25-10-6-4-7-11-25,26-12-8-5-9-13-26)40-31-22-39-21-30(31)38-16-14-23(15-17-38)27-19-29-24(18-28(27)34)20-36-32(35)37-29/h4-13,18-20,23,30-31H,14-17,21-22H2,1-3H3,(H2,35,36,37). The Bertz CT molecular complexity index is 1450. The number of hydrogen-bond acceptors (Lipinski definition) is 6. The van der Waals surface area contributed by atoms with E-state index in [4.69, 9.17) is 26.5 Å². The molecule has 3 heterocycles. The number of aromatic nitrogens is 2. The summed E-state index contributed by atoms with van der Waals surface area (Å²) in [5, 5.41) is 4.23. The van der Waals surface area contributed by atoms with E-state index in [0.29, 0.717) is 19.1 Å². The van der Waals surface area contributed by atoms with E-state index in [1.54, 1.807) is 6.20 Å². The Hall–Kier alpha value is -2.81. The van der Waals surface area contributed by atoms with Gasteiger partial charge in [-0.05, 0) is 65.0 Å². The van der Waals surface area contributed by atoms with E-state index in [1.165, 1.54) is 10.4 Å². The highest BCUT2D eigenvalue weighted by Crippen LogP contribution is 2.40. The molecule has 2 fully saturated rings.